The number of likely N-dealkylation sites (tertiary alicyclic amines) is 1. The monoisotopic (exact) mass is 289 g/mol. The normalized spacial score (nSPS) is 19.2. The minimum Gasteiger partial charge on any atom is -0.493 e. The van der Waals surface area contributed by atoms with Crippen LogP contribution in [-0.4, -0.2) is 41.5 Å². The average molecular weight is 289 g/mol. The topological polar surface area (TPSA) is 88.2 Å². The van der Waals surface area contributed by atoms with E-state index in [9.17, 15) is 4.79 Å². The van der Waals surface area contributed by atoms with Crippen molar-refractivity contribution < 1.29 is 14.7 Å². The number of ether oxygens (including phenoxy) is 1. The van der Waals surface area contributed by atoms with Crippen LogP contribution in [0.25, 0.3) is 0 Å². The smallest absolute Gasteiger partial charge is 0.253 e. The van der Waals surface area contributed by atoms with E-state index >= 15 is 0 Å². The fourth-order valence-corrected chi connectivity index (χ4v) is 2.96. The number of oxime groups is 1. The van der Waals surface area contributed by atoms with Crippen molar-refractivity contribution in [3.05, 3.63) is 29.3 Å². The lowest BCUT2D eigenvalue weighted by molar-refractivity contribution is 0.0709. The van der Waals surface area contributed by atoms with E-state index < -0.39 is 0 Å². The highest BCUT2D eigenvalue weighted by atomic mass is 16.5. The third-order valence-corrected chi connectivity index (χ3v) is 4.25. The Bertz CT molecular complexity index is 578. The Morgan fingerprint density at radius 3 is 2.86 bits per heavy atom. The number of benzene rings is 1. The number of amidine groups is 1. The molecule has 6 heteroatoms. The summed E-state index contributed by atoms with van der Waals surface area (Å²) in [6.07, 6.45) is 2.33. The summed E-state index contributed by atoms with van der Waals surface area (Å²) in [6.45, 7) is 1.96. The highest BCUT2D eigenvalue weighted by molar-refractivity contribution is 5.95. The van der Waals surface area contributed by atoms with Crippen molar-refractivity contribution in [1.29, 1.82) is 0 Å². The SMILES string of the molecule is NC(=NO)C1CCN(C(=O)c2ccc3c(c2)CCO3)CC1. The number of piperidine rings is 1. The number of rotatable bonds is 2. The molecule has 0 radical (unpaired) electrons. The molecule has 1 aromatic rings. The maximum Gasteiger partial charge on any atom is 0.253 e. The van der Waals surface area contributed by atoms with Gasteiger partial charge in [0.05, 0.1) is 6.61 Å². The summed E-state index contributed by atoms with van der Waals surface area (Å²) in [5.41, 5.74) is 7.44. The number of nitrogens with zero attached hydrogens (tertiary/aromatic N) is 2. The van der Waals surface area contributed by atoms with Crippen molar-refractivity contribution in [3.63, 3.8) is 0 Å². The fourth-order valence-electron chi connectivity index (χ4n) is 2.96. The maximum absolute atomic E-state index is 12.5. The summed E-state index contributed by atoms with van der Waals surface area (Å²) in [5.74, 6) is 1.25. The minimum atomic E-state index is 0.0441. The van der Waals surface area contributed by atoms with E-state index in [4.69, 9.17) is 15.7 Å². The second-order valence-corrected chi connectivity index (χ2v) is 5.51. The van der Waals surface area contributed by atoms with E-state index in [2.05, 4.69) is 5.16 Å². The standard InChI is InChI=1S/C15H19N3O3/c16-14(17-20)10-3-6-18(7-4-10)15(19)12-1-2-13-11(9-12)5-8-21-13/h1-2,9-10,20H,3-8H2,(H2,16,17). The van der Waals surface area contributed by atoms with Gasteiger partial charge in [-0.2, -0.15) is 0 Å². The third-order valence-electron chi connectivity index (χ3n) is 4.25. The molecule has 0 bridgehead atoms. The number of hydrogen-bond donors (Lipinski definition) is 2. The highest BCUT2D eigenvalue weighted by Crippen LogP contribution is 2.27. The lowest BCUT2D eigenvalue weighted by atomic mass is 9.95. The predicted molar refractivity (Wildman–Crippen MR) is 77.7 cm³/mol. The van der Waals surface area contributed by atoms with Crippen LogP contribution in [0.5, 0.6) is 5.75 Å². The molecule has 21 heavy (non-hydrogen) atoms. The summed E-state index contributed by atoms with van der Waals surface area (Å²) >= 11 is 0. The largest absolute Gasteiger partial charge is 0.493 e. The first kappa shape index (κ1) is 13.7. The van der Waals surface area contributed by atoms with Gasteiger partial charge in [0.15, 0.2) is 0 Å². The summed E-state index contributed by atoms with van der Waals surface area (Å²) in [6, 6.07) is 5.63. The zero-order chi connectivity index (χ0) is 14.8. The molecule has 2 aliphatic rings. The molecule has 1 amide bonds. The molecule has 6 nitrogen and oxygen atoms in total. The zero-order valence-electron chi connectivity index (χ0n) is 11.8. The van der Waals surface area contributed by atoms with Gasteiger partial charge in [-0.15, -0.1) is 0 Å². The van der Waals surface area contributed by atoms with E-state index in [0.29, 0.717) is 25.3 Å². The molecule has 0 atom stereocenters. The molecule has 0 unspecified atom stereocenters. The van der Waals surface area contributed by atoms with Crippen LogP contribution in [0.1, 0.15) is 28.8 Å². The molecule has 1 aromatic carbocycles. The summed E-state index contributed by atoms with van der Waals surface area (Å²) in [7, 11) is 0. The molecule has 3 N–H and O–H groups in total. The zero-order valence-corrected chi connectivity index (χ0v) is 11.8. The number of fused-ring (bicyclic) bond motifs is 1. The maximum atomic E-state index is 12.5. The predicted octanol–water partition coefficient (Wildman–Crippen LogP) is 1.22. The third kappa shape index (κ3) is 2.66. The van der Waals surface area contributed by atoms with Crippen molar-refractivity contribution in [2.24, 2.45) is 16.8 Å². The van der Waals surface area contributed by atoms with Crippen molar-refractivity contribution in [1.82, 2.24) is 4.90 Å². The number of nitrogens with two attached hydrogens (primary N) is 1. The van der Waals surface area contributed by atoms with Crippen LogP contribution < -0.4 is 10.5 Å². The Labute approximate surface area is 123 Å². The molecule has 3 rings (SSSR count). The quantitative estimate of drug-likeness (QED) is 0.371. The van der Waals surface area contributed by atoms with Gasteiger partial charge in [0.2, 0.25) is 0 Å². The Morgan fingerprint density at radius 2 is 2.14 bits per heavy atom. The molecule has 112 valence electrons. The second-order valence-electron chi connectivity index (χ2n) is 5.51. The van der Waals surface area contributed by atoms with Crippen LogP contribution in [0.15, 0.2) is 23.4 Å². The molecular weight excluding hydrogens is 270 g/mol. The van der Waals surface area contributed by atoms with Crippen molar-refractivity contribution in [2.75, 3.05) is 19.7 Å². The van der Waals surface area contributed by atoms with Crippen molar-refractivity contribution >= 4 is 11.7 Å². The average Bonchev–Trinajstić information content (AvgIpc) is 3.01. The van der Waals surface area contributed by atoms with Gasteiger partial charge in [0, 0.05) is 31.0 Å². The van der Waals surface area contributed by atoms with Crippen LogP contribution in [-0.2, 0) is 6.42 Å². The minimum absolute atomic E-state index is 0.0441. The van der Waals surface area contributed by atoms with Crippen molar-refractivity contribution in [2.45, 2.75) is 19.3 Å². The summed E-state index contributed by atoms with van der Waals surface area (Å²) in [4.78, 5) is 14.4. The fraction of sp³-hybridized carbons (Fsp3) is 0.467. The van der Waals surface area contributed by atoms with E-state index in [1.165, 1.54) is 0 Å². The molecule has 1 saturated heterocycles. The van der Waals surface area contributed by atoms with Gasteiger partial charge >= 0.3 is 0 Å². The van der Waals surface area contributed by atoms with Gasteiger partial charge in [0.1, 0.15) is 11.6 Å². The van der Waals surface area contributed by atoms with Gasteiger partial charge in [-0.1, -0.05) is 5.16 Å². The Balaban J connectivity index is 1.67. The molecular formula is C15H19N3O3. The molecule has 0 aliphatic carbocycles. The number of carbonyl (C=O) groups is 1. The van der Waals surface area contributed by atoms with Crippen LogP contribution in [0, 0.1) is 5.92 Å². The first-order valence-electron chi connectivity index (χ1n) is 7.21. The van der Waals surface area contributed by atoms with E-state index in [1.807, 2.05) is 23.1 Å². The van der Waals surface area contributed by atoms with Gasteiger partial charge in [-0.05, 0) is 36.6 Å². The molecule has 2 heterocycles. The molecule has 0 aromatic heterocycles. The van der Waals surface area contributed by atoms with E-state index in [1.54, 1.807) is 0 Å². The van der Waals surface area contributed by atoms with E-state index in [-0.39, 0.29) is 17.7 Å². The lowest BCUT2D eigenvalue weighted by Crippen LogP contribution is -2.41. The van der Waals surface area contributed by atoms with Crippen LogP contribution in [0.4, 0.5) is 0 Å². The highest BCUT2D eigenvalue weighted by Gasteiger charge is 2.26. The van der Waals surface area contributed by atoms with Gasteiger partial charge in [0.25, 0.3) is 5.91 Å². The first-order valence-corrected chi connectivity index (χ1v) is 7.21. The van der Waals surface area contributed by atoms with Crippen LogP contribution >= 0.6 is 0 Å². The van der Waals surface area contributed by atoms with Crippen molar-refractivity contribution in [3.8, 4) is 5.75 Å². The van der Waals surface area contributed by atoms with Crippen LogP contribution in [0.3, 0.4) is 0 Å². The molecule has 0 saturated carbocycles. The number of amides is 1. The van der Waals surface area contributed by atoms with Gasteiger partial charge in [-0.25, -0.2) is 0 Å². The van der Waals surface area contributed by atoms with Gasteiger partial charge in [-0.3, -0.25) is 4.79 Å². The molecule has 2 aliphatic heterocycles. The summed E-state index contributed by atoms with van der Waals surface area (Å²) < 4.78 is 5.46. The second kappa shape index (κ2) is 5.63. The Kier molecular flexibility index (Phi) is 3.68. The summed E-state index contributed by atoms with van der Waals surface area (Å²) in [5, 5.41) is 11.8. The Morgan fingerprint density at radius 1 is 1.38 bits per heavy atom. The van der Waals surface area contributed by atoms with Crippen LogP contribution in [0.2, 0.25) is 0 Å². The van der Waals surface area contributed by atoms with Gasteiger partial charge < -0.3 is 20.6 Å². The number of hydrogen-bond acceptors (Lipinski definition) is 4. The molecule has 1 fully saturated rings. The molecule has 0 spiro atoms. The first-order chi connectivity index (χ1) is 10.2. The number of carbonyl (C=O) groups excluding carboxylic acids is 1. The Hall–Kier alpha value is -2.24. The lowest BCUT2D eigenvalue weighted by Gasteiger charge is -2.31. The van der Waals surface area contributed by atoms with E-state index in [0.717, 1.165) is 30.6 Å².